The fraction of sp³-hybridized carbons (Fsp3) is 0.440. The fourth-order valence-corrected chi connectivity index (χ4v) is 5.72. The van der Waals surface area contributed by atoms with Crippen molar-refractivity contribution in [3.05, 3.63) is 47.5 Å². The Balaban J connectivity index is 1.45. The molecule has 2 aliphatic rings. The van der Waals surface area contributed by atoms with Crippen LogP contribution in [-0.2, 0) is 25.8 Å². The number of carbonyl (C=O) groups excluding carboxylic acids is 2. The second kappa shape index (κ2) is 8.82. The number of fused-ring (bicyclic) bond motifs is 1. The lowest BCUT2D eigenvalue weighted by molar-refractivity contribution is -0.119. The summed E-state index contributed by atoms with van der Waals surface area (Å²) in [5.74, 6) is -0.0786. The molecule has 8 heteroatoms. The summed E-state index contributed by atoms with van der Waals surface area (Å²) in [6.07, 6.45) is 2.38. The molecule has 176 valence electrons. The van der Waals surface area contributed by atoms with E-state index in [1.807, 2.05) is 44.1 Å². The molecule has 1 N–H and O–H groups in total. The zero-order valence-electron chi connectivity index (χ0n) is 19.6. The van der Waals surface area contributed by atoms with Crippen LogP contribution in [0.15, 0.2) is 41.3 Å². The van der Waals surface area contributed by atoms with Gasteiger partial charge >= 0.3 is 0 Å². The molecule has 1 saturated carbocycles. The summed E-state index contributed by atoms with van der Waals surface area (Å²) < 4.78 is 26.3. The maximum atomic E-state index is 13.2. The molecule has 0 unspecified atom stereocenters. The third-order valence-electron chi connectivity index (χ3n) is 6.44. The number of hydrogen-bond donors (Lipinski definition) is 1. The normalized spacial score (nSPS) is 16.3. The number of rotatable bonds is 7. The van der Waals surface area contributed by atoms with E-state index in [9.17, 15) is 18.0 Å². The first-order valence-electron chi connectivity index (χ1n) is 11.3. The summed E-state index contributed by atoms with van der Waals surface area (Å²) >= 11 is 0. The second-order valence-electron chi connectivity index (χ2n) is 9.31. The Bertz CT molecular complexity index is 1200. The molecule has 0 spiro atoms. The fourth-order valence-electron chi connectivity index (χ4n) is 4.32. The van der Waals surface area contributed by atoms with Gasteiger partial charge in [0, 0.05) is 50.0 Å². The van der Waals surface area contributed by atoms with Crippen LogP contribution in [0.3, 0.4) is 0 Å². The van der Waals surface area contributed by atoms with Crippen molar-refractivity contribution in [3.8, 4) is 0 Å². The van der Waals surface area contributed by atoms with Crippen LogP contribution in [0.2, 0.25) is 0 Å². The van der Waals surface area contributed by atoms with Crippen LogP contribution < -0.4 is 15.1 Å². The van der Waals surface area contributed by atoms with E-state index in [1.54, 1.807) is 30.0 Å². The lowest BCUT2D eigenvalue weighted by Gasteiger charge is -2.19. The molecule has 0 bridgehead atoms. The first kappa shape index (κ1) is 23.3. The van der Waals surface area contributed by atoms with Gasteiger partial charge in [0.25, 0.3) is 0 Å². The number of aryl methyl sites for hydroxylation is 1. The monoisotopic (exact) mass is 469 g/mol. The smallest absolute Gasteiger partial charge is 0.230 e. The predicted molar refractivity (Wildman–Crippen MR) is 131 cm³/mol. The minimum Gasteiger partial charge on any atom is -0.377 e. The Labute approximate surface area is 195 Å². The average Bonchev–Trinajstić information content (AvgIpc) is 3.53. The standard InChI is InChI=1S/C25H31N3O4S/c1-16-5-8-20(15-23(16)27(3)4)26-24(29)13-17(2)33(31,32)21-9-10-22-19(14-21)11-12-28(22)25(30)18-6-7-18/h5,8-10,14-15,17-18H,6-7,11-13H2,1-4H3,(H,26,29)/t17-/m0/s1. The Kier molecular flexibility index (Phi) is 6.22. The van der Waals surface area contributed by atoms with E-state index in [2.05, 4.69) is 5.32 Å². The maximum absolute atomic E-state index is 13.2. The molecule has 0 saturated heterocycles. The average molecular weight is 470 g/mol. The van der Waals surface area contributed by atoms with Gasteiger partial charge in [0.1, 0.15) is 0 Å². The zero-order chi connectivity index (χ0) is 23.9. The number of nitrogens with zero attached hydrogens (tertiary/aromatic N) is 2. The highest BCUT2D eigenvalue weighted by molar-refractivity contribution is 7.92. The van der Waals surface area contributed by atoms with Crippen LogP contribution in [0.5, 0.6) is 0 Å². The van der Waals surface area contributed by atoms with Crippen molar-refractivity contribution < 1.29 is 18.0 Å². The number of carbonyl (C=O) groups is 2. The van der Waals surface area contributed by atoms with Crippen LogP contribution in [-0.4, -0.2) is 46.1 Å². The van der Waals surface area contributed by atoms with Gasteiger partial charge in [0.15, 0.2) is 9.84 Å². The van der Waals surface area contributed by atoms with Crippen molar-refractivity contribution in [2.75, 3.05) is 35.8 Å². The molecule has 1 atom stereocenters. The Morgan fingerprint density at radius 3 is 2.55 bits per heavy atom. The highest BCUT2D eigenvalue weighted by Gasteiger charge is 2.37. The van der Waals surface area contributed by atoms with E-state index in [-0.39, 0.29) is 29.0 Å². The third-order valence-corrected chi connectivity index (χ3v) is 8.58. The van der Waals surface area contributed by atoms with Gasteiger partial charge in [-0.1, -0.05) is 6.07 Å². The van der Waals surface area contributed by atoms with Crippen molar-refractivity contribution >= 4 is 38.7 Å². The van der Waals surface area contributed by atoms with Crippen LogP contribution in [0, 0.1) is 12.8 Å². The van der Waals surface area contributed by atoms with E-state index < -0.39 is 15.1 Å². The molecular formula is C25H31N3O4S. The van der Waals surface area contributed by atoms with E-state index in [1.165, 1.54) is 0 Å². The molecule has 2 amide bonds. The minimum absolute atomic E-state index is 0.125. The molecule has 7 nitrogen and oxygen atoms in total. The summed E-state index contributed by atoms with van der Waals surface area (Å²) in [6.45, 7) is 4.15. The van der Waals surface area contributed by atoms with Crippen LogP contribution in [0.25, 0.3) is 0 Å². The van der Waals surface area contributed by atoms with Gasteiger partial charge in [-0.15, -0.1) is 0 Å². The molecule has 1 aliphatic carbocycles. The molecule has 2 aromatic rings. The van der Waals surface area contributed by atoms with Gasteiger partial charge in [-0.3, -0.25) is 9.59 Å². The molecule has 2 aromatic carbocycles. The first-order valence-corrected chi connectivity index (χ1v) is 12.9. The van der Waals surface area contributed by atoms with Gasteiger partial charge in [0.05, 0.1) is 10.1 Å². The molecule has 4 rings (SSSR count). The van der Waals surface area contributed by atoms with Crippen LogP contribution in [0.4, 0.5) is 17.1 Å². The Hall–Kier alpha value is -2.87. The van der Waals surface area contributed by atoms with Gasteiger partial charge < -0.3 is 15.1 Å². The first-order chi connectivity index (χ1) is 15.6. The largest absolute Gasteiger partial charge is 0.377 e. The molecule has 1 aliphatic heterocycles. The lowest BCUT2D eigenvalue weighted by Crippen LogP contribution is -2.30. The Morgan fingerprint density at radius 1 is 1.15 bits per heavy atom. The van der Waals surface area contributed by atoms with Crippen molar-refractivity contribution in [1.82, 2.24) is 0 Å². The zero-order valence-corrected chi connectivity index (χ0v) is 20.4. The maximum Gasteiger partial charge on any atom is 0.230 e. The molecule has 0 radical (unpaired) electrons. The lowest BCUT2D eigenvalue weighted by atomic mass is 10.1. The van der Waals surface area contributed by atoms with Gasteiger partial charge in [-0.25, -0.2) is 8.42 Å². The van der Waals surface area contributed by atoms with Crippen LogP contribution >= 0.6 is 0 Å². The summed E-state index contributed by atoms with van der Waals surface area (Å²) in [6, 6.07) is 10.6. The summed E-state index contributed by atoms with van der Waals surface area (Å²) in [7, 11) is 0.171. The van der Waals surface area contributed by atoms with Gasteiger partial charge in [-0.2, -0.15) is 0 Å². The SMILES string of the molecule is Cc1ccc(NC(=O)C[C@H](C)S(=O)(=O)c2ccc3c(c2)CCN3C(=O)C2CC2)cc1N(C)C. The summed E-state index contributed by atoms with van der Waals surface area (Å²) in [5.41, 5.74) is 4.39. The highest BCUT2D eigenvalue weighted by atomic mass is 32.2. The quantitative estimate of drug-likeness (QED) is 0.670. The molecule has 1 heterocycles. The van der Waals surface area contributed by atoms with Crippen molar-refractivity contribution in [2.45, 2.75) is 49.7 Å². The summed E-state index contributed by atoms with van der Waals surface area (Å²) in [4.78, 5) is 29.0. The van der Waals surface area contributed by atoms with Crippen LogP contribution in [0.1, 0.15) is 37.3 Å². The Morgan fingerprint density at radius 2 is 1.88 bits per heavy atom. The third kappa shape index (κ3) is 4.76. The second-order valence-corrected chi connectivity index (χ2v) is 11.7. The number of hydrogen-bond acceptors (Lipinski definition) is 5. The van der Waals surface area contributed by atoms with E-state index in [0.717, 1.165) is 35.3 Å². The topological polar surface area (TPSA) is 86.8 Å². The number of anilines is 3. The number of amides is 2. The molecular weight excluding hydrogens is 438 g/mol. The number of sulfone groups is 1. The highest BCUT2D eigenvalue weighted by Crippen LogP contribution is 2.37. The van der Waals surface area contributed by atoms with Gasteiger partial charge in [0.2, 0.25) is 11.8 Å². The minimum atomic E-state index is -3.69. The van der Waals surface area contributed by atoms with Gasteiger partial charge in [-0.05, 0) is 74.6 Å². The summed E-state index contributed by atoms with van der Waals surface area (Å²) in [5, 5.41) is 1.95. The van der Waals surface area contributed by atoms with E-state index in [4.69, 9.17) is 0 Å². The molecule has 33 heavy (non-hydrogen) atoms. The van der Waals surface area contributed by atoms with Crippen molar-refractivity contribution in [2.24, 2.45) is 5.92 Å². The molecule has 0 aromatic heterocycles. The predicted octanol–water partition coefficient (Wildman–Crippen LogP) is 3.55. The number of benzene rings is 2. The van der Waals surface area contributed by atoms with E-state index >= 15 is 0 Å². The number of nitrogens with one attached hydrogen (secondary N) is 1. The van der Waals surface area contributed by atoms with E-state index in [0.29, 0.717) is 18.7 Å². The van der Waals surface area contributed by atoms with Crippen molar-refractivity contribution in [1.29, 1.82) is 0 Å². The van der Waals surface area contributed by atoms with Crippen molar-refractivity contribution in [3.63, 3.8) is 0 Å². The molecule has 1 fully saturated rings.